The van der Waals surface area contributed by atoms with E-state index in [0.717, 1.165) is 21.2 Å². The third-order valence-electron chi connectivity index (χ3n) is 2.88. The van der Waals surface area contributed by atoms with Gasteiger partial charge in [0.1, 0.15) is 0 Å². The van der Waals surface area contributed by atoms with Crippen LogP contribution in [0.25, 0.3) is 0 Å². The second kappa shape index (κ2) is 5.50. The third-order valence-corrected chi connectivity index (χ3v) is 3.71. The van der Waals surface area contributed by atoms with Crippen molar-refractivity contribution in [3.8, 4) is 0 Å². The van der Waals surface area contributed by atoms with Crippen LogP contribution in [0.1, 0.15) is 16.7 Å². The highest BCUT2D eigenvalue weighted by Gasteiger charge is 2.02. The molecule has 94 valence electrons. The van der Waals surface area contributed by atoms with Crippen molar-refractivity contribution in [3.05, 3.63) is 68.0 Å². The monoisotopic (exact) mass is 306 g/mol. The summed E-state index contributed by atoms with van der Waals surface area (Å²) >= 11 is 3.44. The minimum absolute atomic E-state index is 0.0126. The van der Waals surface area contributed by atoms with Crippen molar-refractivity contribution in [2.24, 2.45) is 5.73 Å². The quantitative estimate of drug-likeness (QED) is 0.947. The molecule has 0 aliphatic carbocycles. The first-order valence-corrected chi connectivity index (χ1v) is 6.54. The van der Waals surface area contributed by atoms with E-state index in [9.17, 15) is 4.79 Å². The molecule has 0 fully saturated rings. The fourth-order valence-electron chi connectivity index (χ4n) is 1.74. The van der Waals surface area contributed by atoms with Crippen LogP contribution in [0.5, 0.6) is 0 Å². The van der Waals surface area contributed by atoms with Gasteiger partial charge >= 0.3 is 0 Å². The first-order chi connectivity index (χ1) is 8.60. The van der Waals surface area contributed by atoms with Gasteiger partial charge in [-0.15, -0.1) is 0 Å². The lowest BCUT2D eigenvalue weighted by atomic mass is 10.1. The molecular weight excluding hydrogens is 292 g/mol. The molecule has 0 saturated heterocycles. The molecule has 1 aromatic heterocycles. The van der Waals surface area contributed by atoms with Gasteiger partial charge in [-0.2, -0.15) is 0 Å². The number of nitrogens with two attached hydrogens (primary N) is 1. The highest BCUT2D eigenvalue weighted by molar-refractivity contribution is 9.10. The molecule has 2 rings (SSSR count). The lowest BCUT2D eigenvalue weighted by Gasteiger charge is -2.08. The second-order valence-corrected chi connectivity index (χ2v) is 5.15. The standard InChI is InChI=1S/C14H15BrN2O/c1-10-6-14(18)17(9-13(10)15)8-12-4-2-11(7-16)3-5-12/h2-6,9H,7-8,16H2,1H3. The smallest absolute Gasteiger partial charge is 0.251 e. The molecule has 0 aliphatic rings. The van der Waals surface area contributed by atoms with Crippen molar-refractivity contribution in [1.29, 1.82) is 0 Å². The molecule has 1 heterocycles. The molecule has 18 heavy (non-hydrogen) atoms. The van der Waals surface area contributed by atoms with Crippen molar-refractivity contribution in [2.45, 2.75) is 20.0 Å². The summed E-state index contributed by atoms with van der Waals surface area (Å²) in [6, 6.07) is 9.62. The average Bonchev–Trinajstić information content (AvgIpc) is 2.37. The van der Waals surface area contributed by atoms with E-state index in [0.29, 0.717) is 13.1 Å². The number of rotatable bonds is 3. The van der Waals surface area contributed by atoms with E-state index in [2.05, 4.69) is 15.9 Å². The Kier molecular flexibility index (Phi) is 3.99. The Labute approximate surface area is 114 Å². The molecule has 2 aromatic rings. The van der Waals surface area contributed by atoms with E-state index in [4.69, 9.17) is 5.73 Å². The number of pyridine rings is 1. The lowest BCUT2D eigenvalue weighted by molar-refractivity contribution is 0.753. The summed E-state index contributed by atoms with van der Waals surface area (Å²) in [4.78, 5) is 11.8. The summed E-state index contributed by atoms with van der Waals surface area (Å²) in [7, 11) is 0. The highest BCUT2D eigenvalue weighted by atomic mass is 79.9. The Morgan fingerprint density at radius 1 is 1.22 bits per heavy atom. The van der Waals surface area contributed by atoms with Crippen LogP contribution in [0, 0.1) is 6.92 Å². The van der Waals surface area contributed by atoms with Crippen LogP contribution in [-0.4, -0.2) is 4.57 Å². The van der Waals surface area contributed by atoms with E-state index in [1.807, 2.05) is 37.4 Å². The van der Waals surface area contributed by atoms with Crippen LogP contribution in [-0.2, 0) is 13.1 Å². The topological polar surface area (TPSA) is 48.0 Å². The highest BCUT2D eigenvalue weighted by Crippen LogP contribution is 2.13. The Hall–Kier alpha value is -1.39. The second-order valence-electron chi connectivity index (χ2n) is 4.29. The maximum absolute atomic E-state index is 11.8. The fraction of sp³-hybridized carbons (Fsp3) is 0.214. The predicted molar refractivity (Wildman–Crippen MR) is 76.6 cm³/mol. The molecule has 0 aliphatic heterocycles. The summed E-state index contributed by atoms with van der Waals surface area (Å²) in [5.74, 6) is 0. The molecule has 0 atom stereocenters. The number of hydrogen-bond donors (Lipinski definition) is 1. The van der Waals surface area contributed by atoms with Gasteiger partial charge in [-0.1, -0.05) is 24.3 Å². The van der Waals surface area contributed by atoms with E-state index in [1.165, 1.54) is 0 Å². The van der Waals surface area contributed by atoms with Gasteiger partial charge in [-0.3, -0.25) is 4.79 Å². The van der Waals surface area contributed by atoms with Crippen LogP contribution < -0.4 is 11.3 Å². The zero-order chi connectivity index (χ0) is 13.1. The zero-order valence-corrected chi connectivity index (χ0v) is 11.8. The minimum Gasteiger partial charge on any atom is -0.326 e. The summed E-state index contributed by atoms with van der Waals surface area (Å²) in [6.45, 7) is 3.02. The normalized spacial score (nSPS) is 10.6. The number of aryl methyl sites for hydroxylation is 1. The van der Waals surface area contributed by atoms with E-state index in [1.54, 1.807) is 10.6 Å². The number of aromatic nitrogens is 1. The summed E-state index contributed by atoms with van der Waals surface area (Å²) in [5.41, 5.74) is 8.70. The van der Waals surface area contributed by atoms with Crippen LogP contribution in [0.2, 0.25) is 0 Å². The van der Waals surface area contributed by atoms with Crippen molar-refractivity contribution in [3.63, 3.8) is 0 Å². The number of benzene rings is 1. The summed E-state index contributed by atoms with van der Waals surface area (Å²) in [5, 5.41) is 0. The Morgan fingerprint density at radius 2 is 1.83 bits per heavy atom. The molecule has 1 aromatic carbocycles. The molecular formula is C14H15BrN2O. The van der Waals surface area contributed by atoms with Gasteiger partial charge < -0.3 is 10.3 Å². The first-order valence-electron chi connectivity index (χ1n) is 5.74. The van der Waals surface area contributed by atoms with Gasteiger partial charge in [0, 0.05) is 23.3 Å². The lowest BCUT2D eigenvalue weighted by Crippen LogP contribution is -2.19. The molecule has 0 amide bonds. The third kappa shape index (κ3) is 2.89. The van der Waals surface area contributed by atoms with Crippen molar-refractivity contribution < 1.29 is 0 Å². The molecule has 4 heteroatoms. The van der Waals surface area contributed by atoms with Crippen LogP contribution in [0.15, 0.2) is 45.8 Å². The molecule has 0 unspecified atom stereocenters. The van der Waals surface area contributed by atoms with Gasteiger partial charge in [0.25, 0.3) is 5.56 Å². The number of halogens is 1. The Balaban J connectivity index is 2.28. The summed E-state index contributed by atoms with van der Waals surface area (Å²) < 4.78 is 2.63. The van der Waals surface area contributed by atoms with Gasteiger partial charge in [0.15, 0.2) is 0 Å². The SMILES string of the molecule is Cc1cc(=O)n(Cc2ccc(CN)cc2)cc1Br. The van der Waals surface area contributed by atoms with E-state index >= 15 is 0 Å². The van der Waals surface area contributed by atoms with Gasteiger partial charge in [-0.25, -0.2) is 0 Å². The maximum Gasteiger partial charge on any atom is 0.251 e. The molecule has 0 saturated carbocycles. The fourth-order valence-corrected chi connectivity index (χ4v) is 2.10. The number of hydrogen-bond acceptors (Lipinski definition) is 2. The van der Waals surface area contributed by atoms with Crippen LogP contribution in [0.4, 0.5) is 0 Å². The van der Waals surface area contributed by atoms with Crippen LogP contribution >= 0.6 is 15.9 Å². The Morgan fingerprint density at radius 3 is 2.44 bits per heavy atom. The van der Waals surface area contributed by atoms with Crippen LogP contribution in [0.3, 0.4) is 0 Å². The van der Waals surface area contributed by atoms with Crippen molar-refractivity contribution >= 4 is 15.9 Å². The van der Waals surface area contributed by atoms with E-state index in [-0.39, 0.29) is 5.56 Å². The minimum atomic E-state index is 0.0126. The molecule has 2 N–H and O–H groups in total. The van der Waals surface area contributed by atoms with Gasteiger partial charge in [0.05, 0.1) is 6.54 Å². The largest absolute Gasteiger partial charge is 0.326 e. The first kappa shape index (κ1) is 13.1. The maximum atomic E-state index is 11.8. The van der Waals surface area contributed by atoms with Gasteiger partial charge in [0.2, 0.25) is 0 Å². The predicted octanol–water partition coefficient (Wildman–Crippen LogP) is 2.43. The molecule has 0 radical (unpaired) electrons. The van der Waals surface area contributed by atoms with Crippen molar-refractivity contribution in [2.75, 3.05) is 0 Å². The number of nitrogens with zero attached hydrogens (tertiary/aromatic N) is 1. The zero-order valence-electron chi connectivity index (χ0n) is 10.2. The van der Waals surface area contributed by atoms with Crippen molar-refractivity contribution in [1.82, 2.24) is 4.57 Å². The Bertz CT molecular complexity index is 602. The molecule has 0 spiro atoms. The van der Waals surface area contributed by atoms with Gasteiger partial charge in [-0.05, 0) is 39.5 Å². The summed E-state index contributed by atoms with van der Waals surface area (Å²) in [6.07, 6.45) is 1.83. The molecule has 0 bridgehead atoms. The molecule has 3 nitrogen and oxygen atoms in total. The van der Waals surface area contributed by atoms with E-state index < -0.39 is 0 Å². The average molecular weight is 307 g/mol.